The van der Waals surface area contributed by atoms with Crippen LogP contribution in [0.2, 0.25) is 0 Å². The Labute approximate surface area is 210 Å². The highest BCUT2D eigenvalue weighted by Crippen LogP contribution is 2.49. The number of hydrogen-bond donors (Lipinski definition) is 3. The van der Waals surface area contributed by atoms with E-state index in [2.05, 4.69) is 39.9 Å². The quantitative estimate of drug-likeness (QED) is 0.389. The molecule has 36 heavy (non-hydrogen) atoms. The molecule has 3 aromatic rings. The average Bonchev–Trinajstić information content (AvgIpc) is 3.65. The second-order valence-corrected chi connectivity index (χ2v) is 11.1. The lowest BCUT2D eigenvalue weighted by molar-refractivity contribution is -0.123. The molecule has 6 heteroatoms. The van der Waals surface area contributed by atoms with Gasteiger partial charge in [-0.15, -0.1) is 0 Å². The number of carbonyl (C=O) groups is 2. The fourth-order valence-corrected chi connectivity index (χ4v) is 6.69. The molecule has 1 aromatic heterocycles. The summed E-state index contributed by atoms with van der Waals surface area (Å²) < 4.78 is 0. The molecule has 5 aliphatic rings. The largest absolute Gasteiger partial charge is 0.338 e. The Hall–Kier alpha value is -3.67. The Balaban J connectivity index is 1.05. The fourth-order valence-electron chi connectivity index (χ4n) is 6.69. The summed E-state index contributed by atoms with van der Waals surface area (Å²) in [5, 5.41) is 6.24. The minimum absolute atomic E-state index is 0.0696. The van der Waals surface area contributed by atoms with Crippen LogP contribution in [0.4, 0.5) is 11.4 Å². The van der Waals surface area contributed by atoms with E-state index in [1.807, 2.05) is 42.5 Å². The monoisotopic (exact) mass is 478 g/mol. The maximum absolute atomic E-state index is 12.9. The molecule has 5 atom stereocenters. The molecule has 3 N–H and O–H groups in total. The van der Waals surface area contributed by atoms with E-state index < -0.39 is 0 Å². The number of carbonyl (C=O) groups excluding carboxylic acids is 2. The van der Waals surface area contributed by atoms with Crippen LogP contribution in [0.1, 0.15) is 38.5 Å². The van der Waals surface area contributed by atoms with Crippen LogP contribution in [0.15, 0.2) is 66.8 Å². The van der Waals surface area contributed by atoms with Crippen LogP contribution in [0, 0.1) is 29.1 Å². The first-order valence-electron chi connectivity index (χ1n) is 13.1. The molecule has 5 unspecified atom stereocenters. The third-order valence-electron chi connectivity index (χ3n) is 8.80. The van der Waals surface area contributed by atoms with Crippen molar-refractivity contribution in [2.24, 2.45) is 29.1 Å². The zero-order valence-corrected chi connectivity index (χ0v) is 20.2. The number of nitrogens with one attached hydrogen (secondary N) is 3. The molecule has 5 aliphatic carbocycles. The summed E-state index contributed by atoms with van der Waals surface area (Å²) in [7, 11) is 0. The highest BCUT2D eigenvalue weighted by Gasteiger charge is 2.46. The second kappa shape index (κ2) is 8.19. The molecule has 8 rings (SSSR count). The van der Waals surface area contributed by atoms with Crippen LogP contribution < -0.4 is 10.6 Å². The first-order chi connectivity index (χ1) is 17.5. The predicted octanol–water partition coefficient (Wildman–Crippen LogP) is 6.07. The lowest BCUT2D eigenvalue weighted by atomic mass is 9.69. The van der Waals surface area contributed by atoms with Crippen molar-refractivity contribution >= 4 is 34.2 Å². The molecular formula is C30H30N4O2. The van der Waals surface area contributed by atoms with E-state index in [0.717, 1.165) is 65.9 Å². The van der Waals surface area contributed by atoms with Crippen molar-refractivity contribution in [3.05, 3.63) is 66.8 Å². The molecular weight excluding hydrogens is 448 g/mol. The van der Waals surface area contributed by atoms with E-state index >= 15 is 0 Å². The maximum atomic E-state index is 12.9. The minimum Gasteiger partial charge on any atom is -0.338 e. The van der Waals surface area contributed by atoms with E-state index in [9.17, 15) is 9.59 Å². The van der Waals surface area contributed by atoms with Crippen LogP contribution in [0.5, 0.6) is 0 Å². The molecule has 0 spiro atoms. The third-order valence-corrected chi connectivity index (χ3v) is 8.80. The fraction of sp³-hybridized carbons (Fsp3) is 0.367. The van der Waals surface area contributed by atoms with E-state index in [4.69, 9.17) is 4.98 Å². The average molecular weight is 479 g/mol. The molecule has 1 heterocycles. The number of imidazole rings is 1. The zero-order chi connectivity index (χ0) is 24.3. The van der Waals surface area contributed by atoms with Gasteiger partial charge in [-0.3, -0.25) is 9.59 Å². The topological polar surface area (TPSA) is 86.9 Å². The highest BCUT2D eigenvalue weighted by atomic mass is 16.2. The number of benzene rings is 2. The first kappa shape index (κ1) is 21.6. The summed E-state index contributed by atoms with van der Waals surface area (Å²) in [6.45, 7) is 0. The first-order valence-corrected chi connectivity index (χ1v) is 13.1. The zero-order valence-electron chi connectivity index (χ0n) is 20.2. The lowest BCUT2D eigenvalue weighted by Gasteiger charge is -2.36. The van der Waals surface area contributed by atoms with Gasteiger partial charge in [0.15, 0.2) is 0 Å². The van der Waals surface area contributed by atoms with E-state index in [1.165, 1.54) is 6.42 Å². The van der Waals surface area contributed by atoms with Crippen LogP contribution in [0.3, 0.4) is 0 Å². The van der Waals surface area contributed by atoms with Crippen molar-refractivity contribution < 1.29 is 9.59 Å². The Morgan fingerprint density at radius 1 is 0.917 bits per heavy atom. The van der Waals surface area contributed by atoms with Gasteiger partial charge in [-0.2, -0.15) is 0 Å². The van der Waals surface area contributed by atoms with Gasteiger partial charge in [-0.25, -0.2) is 4.98 Å². The third kappa shape index (κ3) is 3.67. The molecule has 0 radical (unpaired) electrons. The number of nitrogens with zero attached hydrogens (tertiary/aromatic N) is 1. The van der Waals surface area contributed by atoms with Gasteiger partial charge < -0.3 is 15.6 Å². The number of anilines is 2. The normalized spacial score (nSPS) is 29.7. The maximum Gasteiger partial charge on any atom is 0.234 e. The van der Waals surface area contributed by atoms with Crippen molar-refractivity contribution in [1.82, 2.24) is 9.97 Å². The summed E-state index contributed by atoms with van der Waals surface area (Å²) in [6, 6.07) is 13.6. The van der Waals surface area contributed by atoms with Gasteiger partial charge in [0.05, 0.1) is 16.4 Å². The summed E-state index contributed by atoms with van der Waals surface area (Å²) in [6.07, 6.45) is 15.1. The summed E-state index contributed by atoms with van der Waals surface area (Å²) >= 11 is 0. The van der Waals surface area contributed by atoms with Gasteiger partial charge in [0.2, 0.25) is 11.8 Å². The van der Waals surface area contributed by atoms with Crippen molar-refractivity contribution in [3.8, 4) is 11.4 Å². The Bertz CT molecular complexity index is 1420. The van der Waals surface area contributed by atoms with Crippen molar-refractivity contribution in [2.45, 2.75) is 38.5 Å². The molecule has 2 saturated carbocycles. The van der Waals surface area contributed by atoms with Crippen LogP contribution >= 0.6 is 0 Å². The van der Waals surface area contributed by atoms with Crippen molar-refractivity contribution in [1.29, 1.82) is 0 Å². The Morgan fingerprint density at radius 3 is 2.44 bits per heavy atom. The number of aromatic amines is 1. The molecule has 2 fully saturated rings. The van der Waals surface area contributed by atoms with Crippen molar-refractivity contribution in [2.75, 3.05) is 10.6 Å². The van der Waals surface area contributed by atoms with Crippen molar-refractivity contribution in [3.63, 3.8) is 0 Å². The van der Waals surface area contributed by atoms with E-state index in [1.54, 1.807) is 0 Å². The number of hydrogen-bond acceptors (Lipinski definition) is 3. The molecule has 0 aliphatic heterocycles. The van der Waals surface area contributed by atoms with Crippen LogP contribution in [-0.4, -0.2) is 21.8 Å². The van der Waals surface area contributed by atoms with Crippen LogP contribution in [-0.2, 0) is 9.59 Å². The van der Waals surface area contributed by atoms with Gasteiger partial charge in [0, 0.05) is 22.9 Å². The highest BCUT2D eigenvalue weighted by molar-refractivity contribution is 5.98. The van der Waals surface area contributed by atoms with Gasteiger partial charge in [-0.05, 0) is 98.7 Å². The van der Waals surface area contributed by atoms with Crippen LogP contribution in [0.25, 0.3) is 22.4 Å². The SMILES string of the molecule is O=C(Nc1ccc2nc(-c3ccc(NC(=O)C45C=CC(CC4)C5)cc3)[nH]c2c1)C1CC2C=CC1CC2. The summed E-state index contributed by atoms with van der Waals surface area (Å²) in [4.78, 5) is 34.0. The van der Waals surface area contributed by atoms with Gasteiger partial charge >= 0.3 is 0 Å². The number of H-pyrrole nitrogens is 1. The lowest BCUT2D eigenvalue weighted by Crippen LogP contribution is -2.36. The van der Waals surface area contributed by atoms with Gasteiger partial charge in [-0.1, -0.05) is 24.3 Å². The molecule has 2 aromatic carbocycles. The minimum atomic E-state index is -0.317. The van der Waals surface area contributed by atoms with E-state index in [0.29, 0.717) is 17.8 Å². The molecule has 2 amide bonds. The second-order valence-electron chi connectivity index (χ2n) is 11.1. The molecule has 6 nitrogen and oxygen atoms in total. The molecule has 0 saturated heterocycles. The smallest absolute Gasteiger partial charge is 0.234 e. The Kier molecular flexibility index (Phi) is 4.91. The van der Waals surface area contributed by atoms with E-state index in [-0.39, 0.29) is 23.1 Å². The molecule has 4 bridgehead atoms. The summed E-state index contributed by atoms with van der Waals surface area (Å²) in [5.41, 5.74) is 3.95. The Morgan fingerprint density at radius 2 is 1.78 bits per heavy atom. The number of fused-ring (bicyclic) bond motifs is 5. The molecule has 182 valence electrons. The number of amides is 2. The number of allylic oxidation sites excluding steroid dienone is 3. The number of aromatic nitrogens is 2. The van der Waals surface area contributed by atoms with Gasteiger partial charge in [0.25, 0.3) is 0 Å². The van der Waals surface area contributed by atoms with Gasteiger partial charge in [0.1, 0.15) is 5.82 Å². The standard InChI is InChI=1S/C30H30N4O2/c35-28(24-15-18-1-3-20(24)4-2-18)31-23-9-10-25-26(16-23)34-27(33-25)21-5-7-22(8-6-21)32-29(36)30-13-11-19(17-30)12-14-30/h1,3,5-11,13,16,18-20,24H,2,4,12,14-15,17H2,(H,31,35)(H,32,36)(H,33,34). The number of rotatable bonds is 5. The summed E-state index contributed by atoms with van der Waals surface area (Å²) in [5.74, 6) is 2.54. The predicted molar refractivity (Wildman–Crippen MR) is 141 cm³/mol.